The standard InChI is InChI=1S/C23H19Cl2N3O4/c1-2-3-4-5-6-11-31-22(30)20-14-27-23(32-20)28-21(29)16-9-10-26-19(13-16)15-7-8-17(24)18(25)12-15/h1,7-10,12-14H,3-6,11H2,(H,27,28,29). The molecule has 3 rings (SSSR count). The lowest BCUT2D eigenvalue weighted by atomic mass is 10.1. The molecule has 32 heavy (non-hydrogen) atoms. The minimum Gasteiger partial charge on any atom is -0.460 e. The number of hydrogen-bond acceptors (Lipinski definition) is 6. The summed E-state index contributed by atoms with van der Waals surface area (Å²) >= 11 is 12.0. The van der Waals surface area contributed by atoms with Crippen LogP contribution in [0.5, 0.6) is 0 Å². The lowest BCUT2D eigenvalue weighted by molar-refractivity contribution is 0.0462. The van der Waals surface area contributed by atoms with Crippen molar-refractivity contribution in [3.05, 3.63) is 64.1 Å². The van der Waals surface area contributed by atoms with Crippen LogP contribution in [0, 0.1) is 12.3 Å². The van der Waals surface area contributed by atoms with Crippen LogP contribution in [0.15, 0.2) is 47.1 Å². The van der Waals surface area contributed by atoms with Gasteiger partial charge in [-0.2, -0.15) is 0 Å². The number of carbonyl (C=O) groups is 2. The number of halogens is 2. The van der Waals surface area contributed by atoms with E-state index < -0.39 is 11.9 Å². The van der Waals surface area contributed by atoms with Crippen LogP contribution in [0.1, 0.15) is 46.6 Å². The van der Waals surface area contributed by atoms with E-state index in [4.69, 9.17) is 38.8 Å². The summed E-state index contributed by atoms with van der Waals surface area (Å²) < 4.78 is 10.4. The highest BCUT2D eigenvalue weighted by atomic mass is 35.5. The van der Waals surface area contributed by atoms with E-state index in [1.165, 1.54) is 18.5 Å². The van der Waals surface area contributed by atoms with E-state index in [1.54, 1.807) is 24.3 Å². The van der Waals surface area contributed by atoms with Gasteiger partial charge in [0.15, 0.2) is 0 Å². The Balaban J connectivity index is 1.58. The number of esters is 1. The van der Waals surface area contributed by atoms with Crippen LogP contribution in [0.25, 0.3) is 11.3 Å². The van der Waals surface area contributed by atoms with Gasteiger partial charge in [-0.15, -0.1) is 12.3 Å². The van der Waals surface area contributed by atoms with Crippen LogP contribution in [0.2, 0.25) is 10.0 Å². The molecule has 0 bridgehead atoms. The van der Waals surface area contributed by atoms with Crippen molar-refractivity contribution in [2.24, 2.45) is 0 Å². The van der Waals surface area contributed by atoms with Gasteiger partial charge in [-0.3, -0.25) is 15.1 Å². The fourth-order valence-corrected chi connectivity index (χ4v) is 3.02. The molecule has 0 saturated carbocycles. The van der Waals surface area contributed by atoms with Crippen molar-refractivity contribution in [1.29, 1.82) is 0 Å². The number of rotatable bonds is 9. The second kappa shape index (κ2) is 11.3. The first-order valence-corrected chi connectivity index (χ1v) is 10.5. The van der Waals surface area contributed by atoms with Gasteiger partial charge in [0.1, 0.15) is 0 Å². The quantitative estimate of drug-likeness (QED) is 0.246. The number of unbranched alkanes of at least 4 members (excludes halogenated alkanes) is 3. The van der Waals surface area contributed by atoms with Crippen molar-refractivity contribution < 1.29 is 18.7 Å². The number of terminal acetylenes is 1. The first kappa shape index (κ1) is 23.3. The Kier molecular flexibility index (Phi) is 8.26. The van der Waals surface area contributed by atoms with Crippen LogP contribution in [-0.4, -0.2) is 28.5 Å². The average molecular weight is 472 g/mol. The number of oxazole rings is 1. The van der Waals surface area contributed by atoms with E-state index in [9.17, 15) is 9.59 Å². The highest BCUT2D eigenvalue weighted by Gasteiger charge is 2.17. The fourth-order valence-electron chi connectivity index (χ4n) is 2.72. The fraction of sp³-hybridized carbons (Fsp3) is 0.217. The Bertz CT molecular complexity index is 1150. The zero-order valence-electron chi connectivity index (χ0n) is 16.9. The molecule has 0 radical (unpaired) electrons. The lowest BCUT2D eigenvalue weighted by Gasteiger charge is -2.06. The Morgan fingerprint density at radius 3 is 2.72 bits per heavy atom. The molecule has 2 heterocycles. The third-order valence-electron chi connectivity index (χ3n) is 4.36. The Labute approximate surface area is 195 Å². The number of anilines is 1. The van der Waals surface area contributed by atoms with Crippen molar-refractivity contribution in [3.63, 3.8) is 0 Å². The van der Waals surface area contributed by atoms with Gasteiger partial charge in [-0.1, -0.05) is 29.3 Å². The van der Waals surface area contributed by atoms with E-state index in [0.717, 1.165) is 12.8 Å². The van der Waals surface area contributed by atoms with Crippen molar-refractivity contribution in [2.45, 2.75) is 25.7 Å². The SMILES string of the molecule is C#CCCCCCOC(=O)c1cnc(NC(=O)c2ccnc(-c3ccc(Cl)c(Cl)c3)c2)o1. The van der Waals surface area contributed by atoms with Crippen LogP contribution in [-0.2, 0) is 4.74 Å². The molecule has 164 valence electrons. The summed E-state index contributed by atoms with van der Waals surface area (Å²) in [6.45, 7) is 0.250. The van der Waals surface area contributed by atoms with E-state index in [2.05, 4.69) is 21.2 Å². The first-order valence-electron chi connectivity index (χ1n) is 9.77. The maximum absolute atomic E-state index is 12.6. The summed E-state index contributed by atoms with van der Waals surface area (Å²) in [6, 6.07) is 8.07. The second-order valence-corrected chi connectivity index (χ2v) is 7.51. The molecule has 0 aliphatic rings. The molecule has 7 nitrogen and oxygen atoms in total. The Morgan fingerprint density at radius 1 is 1.09 bits per heavy atom. The van der Waals surface area contributed by atoms with Gasteiger partial charge in [0.05, 0.1) is 28.5 Å². The molecule has 0 spiro atoms. The average Bonchev–Trinajstić information content (AvgIpc) is 3.26. The smallest absolute Gasteiger partial charge is 0.376 e. The van der Waals surface area contributed by atoms with Crippen LogP contribution in [0.3, 0.4) is 0 Å². The maximum Gasteiger partial charge on any atom is 0.376 e. The monoisotopic (exact) mass is 471 g/mol. The van der Waals surface area contributed by atoms with Crippen molar-refractivity contribution >= 4 is 41.1 Å². The molecule has 2 aromatic heterocycles. The number of nitrogens with zero attached hydrogens (tertiary/aromatic N) is 2. The van der Waals surface area contributed by atoms with Gasteiger partial charge in [0, 0.05) is 23.7 Å². The summed E-state index contributed by atoms with van der Waals surface area (Å²) in [6.07, 6.45) is 11.0. The predicted octanol–water partition coefficient (Wildman–Crippen LogP) is 5.65. The zero-order chi connectivity index (χ0) is 22.9. The van der Waals surface area contributed by atoms with E-state index in [-0.39, 0.29) is 18.4 Å². The summed E-state index contributed by atoms with van der Waals surface area (Å²) in [7, 11) is 0. The molecule has 1 amide bonds. The van der Waals surface area contributed by atoms with Gasteiger partial charge >= 0.3 is 12.0 Å². The highest BCUT2D eigenvalue weighted by Crippen LogP contribution is 2.28. The molecule has 1 aromatic carbocycles. The Morgan fingerprint density at radius 2 is 1.94 bits per heavy atom. The number of hydrogen-bond donors (Lipinski definition) is 1. The van der Waals surface area contributed by atoms with Crippen molar-refractivity contribution in [2.75, 3.05) is 11.9 Å². The van der Waals surface area contributed by atoms with E-state index >= 15 is 0 Å². The number of nitrogens with one attached hydrogen (secondary N) is 1. The van der Waals surface area contributed by atoms with E-state index in [0.29, 0.717) is 39.7 Å². The van der Waals surface area contributed by atoms with Crippen molar-refractivity contribution in [1.82, 2.24) is 9.97 Å². The normalized spacial score (nSPS) is 10.4. The summed E-state index contributed by atoms with van der Waals surface area (Å²) in [5.41, 5.74) is 1.56. The highest BCUT2D eigenvalue weighted by molar-refractivity contribution is 6.42. The third-order valence-corrected chi connectivity index (χ3v) is 5.10. The molecule has 0 unspecified atom stereocenters. The van der Waals surface area contributed by atoms with Gasteiger partial charge in [0.25, 0.3) is 5.91 Å². The minimum absolute atomic E-state index is 0.102. The molecule has 9 heteroatoms. The van der Waals surface area contributed by atoms with E-state index in [1.807, 2.05) is 0 Å². The summed E-state index contributed by atoms with van der Waals surface area (Å²) in [5, 5.41) is 3.31. The maximum atomic E-state index is 12.6. The zero-order valence-corrected chi connectivity index (χ0v) is 18.4. The lowest BCUT2D eigenvalue weighted by Crippen LogP contribution is -2.12. The van der Waals surface area contributed by atoms with Gasteiger partial charge < -0.3 is 9.15 Å². The van der Waals surface area contributed by atoms with Crippen LogP contribution < -0.4 is 5.32 Å². The molecule has 0 aliphatic carbocycles. The number of aromatic nitrogens is 2. The first-order chi connectivity index (χ1) is 15.5. The largest absolute Gasteiger partial charge is 0.460 e. The molecule has 0 atom stereocenters. The third kappa shape index (κ3) is 6.33. The number of benzene rings is 1. The number of amides is 1. The minimum atomic E-state index is -0.652. The summed E-state index contributed by atoms with van der Waals surface area (Å²) in [5.74, 6) is 1.32. The molecular weight excluding hydrogens is 453 g/mol. The van der Waals surface area contributed by atoms with Gasteiger partial charge in [-0.25, -0.2) is 9.78 Å². The molecule has 0 fully saturated rings. The molecule has 0 saturated heterocycles. The predicted molar refractivity (Wildman–Crippen MR) is 122 cm³/mol. The Hall–Kier alpha value is -3.34. The summed E-state index contributed by atoms with van der Waals surface area (Å²) in [4.78, 5) is 32.8. The second-order valence-electron chi connectivity index (χ2n) is 6.69. The molecule has 3 aromatic rings. The molecular formula is C23H19Cl2N3O4. The number of ether oxygens (including phenoxy) is 1. The van der Waals surface area contributed by atoms with Crippen LogP contribution >= 0.6 is 23.2 Å². The van der Waals surface area contributed by atoms with Gasteiger partial charge in [0.2, 0.25) is 5.76 Å². The molecule has 1 N–H and O–H groups in total. The van der Waals surface area contributed by atoms with Gasteiger partial charge in [-0.05, 0) is 43.5 Å². The van der Waals surface area contributed by atoms with Crippen molar-refractivity contribution in [3.8, 4) is 23.6 Å². The number of carbonyl (C=O) groups excluding carboxylic acids is 2. The molecule has 0 aliphatic heterocycles. The number of pyridine rings is 1. The van der Waals surface area contributed by atoms with Crippen LogP contribution in [0.4, 0.5) is 6.01 Å². The topological polar surface area (TPSA) is 94.3 Å².